The Morgan fingerprint density at radius 1 is 1.18 bits per heavy atom. The lowest BCUT2D eigenvalue weighted by atomic mass is 9.74. The van der Waals surface area contributed by atoms with Crippen LogP contribution in [0.2, 0.25) is 0 Å². The summed E-state index contributed by atoms with van der Waals surface area (Å²) in [6, 6.07) is 5.17. The van der Waals surface area contributed by atoms with Gasteiger partial charge in [-0.25, -0.2) is 9.18 Å². The topological polar surface area (TPSA) is 62.3 Å². The summed E-state index contributed by atoms with van der Waals surface area (Å²) < 4.78 is 24.4. The third-order valence-corrected chi connectivity index (χ3v) is 7.29. The van der Waals surface area contributed by atoms with E-state index in [1.54, 1.807) is 28.9 Å². The second kappa shape index (κ2) is 10.1. The summed E-state index contributed by atoms with van der Waals surface area (Å²) in [4.78, 5) is 30.8. The van der Waals surface area contributed by atoms with Crippen molar-refractivity contribution in [2.24, 2.45) is 0 Å². The van der Waals surface area contributed by atoms with Gasteiger partial charge >= 0.3 is 6.09 Å². The second-order valence-electron chi connectivity index (χ2n) is 9.09. The van der Waals surface area contributed by atoms with Crippen LogP contribution in [-0.2, 0) is 19.7 Å². The summed E-state index contributed by atoms with van der Waals surface area (Å²) in [5, 5.41) is 0. The van der Waals surface area contributed by atoms with Gasteiger partial charge in [0.25, 0.3) is 5.91 Å². The predicted molar refractivity (Wildman–Crippen MR) is 123 cm³/mol. The van der Waals surface area contributed by atoms with Crippen molar-refractivity contribution in [1.29, 1.82) is 0 Å². The molecule has 178 valence electrons. The van der Waals surface area contributed by atoms with E-state index in [1.165, 1.54) is 13.2 Å². The van der Waals surface area contributed by atoms with Crippen molar-refractivity contribution < 1.29 is 23.5 Å². The van der Waals surface area contributed by atoms with Gasteiger partial charge < -0.3 is 24.2 Å². The Morgan fingerprint density at radius 2 is 1.91 bits per heavy atom. The maximum absolute atomic E-state index is 14.2. The van der Waals surface area contributed by atoms with Gasteiger partial charge in [0, 0.05) is 43.9 Å². The molecule has 0 N–H and O–H groups in total. The first-order valence-corrected chi connectivity index (χ1v) is 11.6. The Morgan fingerprint density at radius 3 is 2.58 bits per heavy atom. The summed E-state index contributed by atoms with van der Waals surface area (Å²) in [6.45, 7) is 5.59. The molecule has 2 fully saturated rings. The molecule has 0 radical (unpaired) electrons. The molecule has 0 aromatic heterocycles. The molecule has 4 rings (SSSR count). The molecule has 0 aliphatic carbocycles. The third kappa shape index (κ3) is 4.85. The standard InChI is InChI=1S/C25H32FN3O4/c1-3-4-15-33-24(31)28-11-7-20(8-12-28)27-13-9-25(10-14-27)18-29(23(30)17-32-2)22-6-5-19(26)16-21(22)25/h5-6,16,20H,7-15,17-18H2,1-2H3. The minimum absolute atomic E-state index is 0.0189. The molecular formula is C25H32FN3O4. The number of hydrogen-bond acceptors (Lipinski definition) is 5. The van der Waals surface area contributed by atoms with Gasteiger partial charge in [0.2, 0.25) is 0 Å². The number of carbonyl (C=O) groups is 2. The largest absolute Gasteiger partial charge is 0.436 e. The highest BCUT2D eigenvalue weighted by atomic mass is 19.1. The molecule has 1 spiro atoms. The SMILES string of the molecule is CC#CCOC(=O)N1CCC(N2CCC3(CC2)CN(C(=O)COC)c2ccc(F)cc23)CC1. The Hall–Kier alpha value is -2.63. The molecule has 3 heterocycles. The van der Waals surface area contributed by atoms with Crippen molar-refractivity contribution in [2.45, 2.75) is 44.1 Å². The van der Waals surface area contributed by atoms with Crippen LogP contribution in [0.4, 0.5) is 14.9 Å². The van der Waals surface area contributed by atoms with E-state index in [0.717, 1.165) is 50.0 Å². The van der Waals surface area contributed by atoms with Gasteiger partial charge in [0.1, 0.15) is 12.4 Å². The van der Waals surface area contributed by atoms with Crippen molar-refractivity contribution in [3.8, 4) is 11.8 Å². The van der Waals surface area contributed by atoms with Gasteiger partial charge in [0.05, 0.1) is 0 Å². The van der Waals surface area contributed by atoms with Crippen LogP contribution >= 0.6 is 0 Å². The van der Waals surface area contributed by atoms with Crippen LogP contribution in [0.5, 0.6) is 0 Å². The highest BCUT2D eigenvalue weighted by Gasteiger charge is 2.47. The number of methoxy groups -OCH3 is 1. The maximum Gasteiger partial charge on any atom is 0.410 e. The van der Waals surface area contributed by atoms with E-state index >= 15 is 0 Å². The molecule has 0 atom stereocenters. The lowest BCUT2D eigenvalue weighted by Crippen LogP contribution is -2.52. The molecule has 1 aromatic carbocycles. The summed E-state index contributed by atoms with van der Waals surface area (Å²) >= 11 is 0. The van der Waals surface area contributed by atoms with Crippen molar-refractivity contribution in [2.75, 3.05) is 57.9 Å². The zero-order valence-corrected chi connectivity index (χ0v) is 19.4. The molecule has 2 saturated heterocycles. The molecule has 0 unspecified atom stereocenters. The van der Waals surface area contributed by atoms with Crippen LogP contribution in [0, 0.1) is 17.7 Å². The monoisotopic (exact) mass is 457 g/mol. The van der Waals surface area contributed by atoms with E-state index in [9.17, 15) is 14.0 Å². The Labute approximate surface area is 194 Å². The fourth-order valence-corrected chi connectivity index (χ4v) is 5.48. The molecule has 8 heteroatoms. The molecule has 3 aliphatic heterocycles. The number of hydrogen-bond donors (Lipinski definition) is 0. The minimum Gasteiger partial charge on any atom is -0.436 e. The van der Waals surface area contributed by atoms with Gasteiger partial charge in [-0.3, -0.25) is 4.79 Å². The Bertz CT molecular complexity index is 941. The van der Waals surface area contributed by atoms with Crippen molar-refractivity contribution >= 4 is 17.7 Å². The highest BCUT2D eigenvalue weighted by Crippen LogP contribution is 2.47. The van der Waals surface area contributed by atoms with Crippen LogP contribution < -0.4 is 4.90 Å². The van der Waals surface area contributed by atoms with E-state index in [4.69, 9.17) is 9.47 Å². The van der Waals surface area contributed by atoms with Gasteiger partial charge in [-0.1, -0.05) is 5.92 Å². The van der Waals surface area contributed by atoms with Crippen molar-refractivity contribution in [3.63, 3.8) is 0 Å². The number of amides is 2. The lowest BCUT2D eigenvalue weighted by molar-refractivity contribution is -0.122. The Balaban J connectivity index is 1.37. The zero-order valence-electron chi connectivity index (χ0n) is 19.4. The fraction of sp³-hybridized carbons (Fsp3) is 0.600. The number of piperidine rings is 2. The van der Waals surface area contributed by atoms with Gasteiger partial charge in [-0.15, -0.1) is 5.92 Å². The number of rotatable bonds is 4. The molecule has 7 nitrogen and oxygen atoms in total. The summed E-state index contributed by atoms with van der Waals surface area (Å²) in [6.07, 6.45) is 3.27. The minimum atomic E-state index is -0.292. The van der Waals surface area contributed by atoms with Crippen LogP contribution in [0.1, 0.15) is 38.2 Å². The van der Waals surface area contributed by atoms with Gasteiger partial charge in [0.15, 0.2) is 6.61 Å². The molecule has 2 amide bonds. The van der Waals surface area contributed by atoms with E-state index < -0.39 is 0 Å². The average molecular weight is 458 g/mol. The lowest BCUT2D eigenvalue weighted by Gasteiger charge is -2.45. The van der Waals surface area contributed by atoms with Crippen LogP contribution in [0.25, 0.3) is 0 Å². The first-order valence-electron chi connectivity index (χ1n) is 11.6. The normalized spacial score (nSPS) is 20.3. The highest BCUT2D eigenvalue weighted by molar-refractivity contribution is 5.97. The van der Waals surface area contributed by atoms with Crippen LogP contribution in [-0.4, -0.2) is 80.9 Å². The summed E-state index contributed by atoms with van der Waals surface area (Å²) in [5.41, 5.74) is 1.54. The van der Waals surface area contributed by atoms with Crippen molar-refractivity contribution in [3.05, 3.63) is 29.6 Å². The number of likely N-dealkylation sites (tertiary alicyclic amines) is 2. The molecule has 33 heavy (non-hydrogen) atoms. The first-order chi connectivity index (χ1) is 16.0. The van der Waals surface area contributed by atoms with Crippen molar-refractivity contribution in [1.82, 2.24) is 9.80 Å². The van der Waals surface area contributed by atoms with E-state index in [2.05, 4.69) is 16.7 Å². The van der Waals surface area contributed by atoms with E-state index in [1.807, 2.05) is 0 Å². The fourth-order valence-electron chi connectivity index (χ4n) is 5.48. The zero-order chi connectivity index (χ0) is 23.4. The molecule has 3 aliphatic rings. The number of carbonyl (C=O) groups excluding carboxylic acids is 2. The summed E-state index contributed by atoms with van der Waals surface area (Å²) in [7, 11) is 1.51. The number of anilines is 1. The Kier molecular flexibility index (Phi) is 7.20. The molecular weight excluding hydrogens is 425 g/mol. The predicted octanol–water partition coefficient (Wildman–Crippen LogP) is 2.78. The van der Waals surface area contributed by atoms with E-state index in [-0.39, 0.29) is 36.4 Å². The molecule has 1 aromatic rings. The third-order valence-electron chi connectivity index (χ3n) is 7.29. The maximum atomic E-state index is 14.2. The molecule has 0 bridgehead atoms. The van der Waals surface area contributed by atoms with E-state index in [0.29, 0.717) is 25.7 Å². The average Bonchev–Trinajstić information content (AvgIpc) is 3.13. The first kappa shape index (κ1) is 23.5. The van der Waals surface area contributed by atoms with Gasteiger partial charge in [-0.05, 0) is 69.5 Å². The number of benzene rings is 1. The molecule has 0 saturated carbocycles. The number of nitrogens with zero attached hydrogens (tertiary/aromatic N) is 3. The van der Waals surface area contributed by atoms with Crippen LogP contribution in [0.15, 0.2) is 18.2 Å². The smallest absolute Gasteiger partial charge is 0.410 e. The number of halogens is 1. The quantitative estimate of drug-likeness (QED) is 0.651. The second-order valence-corrected chi connectivity index (χ2v) is 9.09. The van der Waals surface area contributed by atoms with Gasteiger partial charge in [-0.2, -0.15) is 0 Å². The number of fused-ring (bicyclic) bond motifs is 2. The van der Waals surface area contributed by atoms with Crippen LogP contribution in [0.3, 0.4) is 0 Å². The summed E-state index contributed by atoms with van der Waals surface area (Å²) in [5.74, 6) is 5.11. The number of ether oxygens (including phenoxy) is 2.